The quantitative estimate of drug-likeness (QED) is 0.677. The number of nitrogens with two attached hydrogens (primary N) is 1. The average molecular weight is 373 g/mol. The molecule has 2 amide bonds. The van der Waals surface area contributed by atoms with Gasteiger partial charge >= 0.3 is 24.0 Å². The highest BCUT2D eigenvalue weighted by atomic mass is 32.2. The molecule has 2 heterocycles. The van der Waals surface area contributed by atoms with Crippen molar-refractivity contribution in [2.75, 3.05) is 7.11 Å². The fraction of sp³-hybridized carbons (Fsp3) is 0.182. The van der Waals surface area contributed by atoms with Crippen molar-refractivity contribution in [2.45, 2.75) is 11.8 Å². The minimum Gasteiger partial charge on any atom is -0.467 e. The van der Waals surface area contributed by atoms with Crippen LogP contribution in [-0.4, -0.2) is 42.5 Å². The van der Waals surface area contributed by atoms with Crippen LogP contribution >= 0.6 is 11.3 Å². The second-order valence-corrected chi connectivity index (χ2v) is 6.69. The number of amides is 2. The Hall–Kier alpha value is -2.80. The molecule has 0 spiro atoms. The van der Waals surface area contributed by atoms with Crippen LogP contribution < -0.4 is 19.9 Å². The lowest BCUT2D eigenvalue weighted by Gasteiger charge is -2.06. The monoisotopic (exact) mass is 373 g/mol. The van der Waals surface area contributed by atoms with Gasteiger partial charge < -0.3 is 15.2 Å². The van der Waals surface area contributed by atoms with Crippen LogP contribution in [0, 0.1) is 6.92 Å². The SMILES string of the molecule is COc1nc(C)nc(OC(=O)c2sccc2S(=O)(=O)NC(N)=O)n1. The topological polar surface area (TPSA) is 163 Å². The van der Waals surface area contributed by atoms with Gasteiger partial charge in [-0.05, 0) is 18.4 Å². The smallest absolute Gasteiger partial charge is 0.357 e. The Kier molecular flexibility index (Phi) is 4.94. The number of esters is 1. The van der Waals surface area contributed by atoms with Gasteiger partial charge in [-0.3, -0.25) is 0 Å². The van der Waals surface area contributed by atoms with E-state index >= 15 is 0 Å². The molecule has 11 nitrogen and oxygen atoms in total. The van der Waals surface area contributed by atoms with Crippen LogP contribution in [0.25, 0.3) is 0 Å². The number of carbonyl (C=O) groups is 2. The summed E-state index contributed by atoms with van der Waals surface area (Å²) in [7, 11) is -2.98. The first-order valence-electron chi connectivity index (χ1n) is 6.11. The molecule has 0 aromatic carbocycles. The molecule has 2 aromatic rings. The van der Waals surface area contributed by atoms with Crippen molar-refractivity contribution in [3.8, 4) is 12.0 Å². The molecular weight excluding hydrogens is 362 g/mol. The van der Waals surface area contributed by atoms with E-state index in [-0.39, 0.29) is 22.7 Å². The number of thiophene rings is 1. The first-order chi connectivity index (χ1) is 11.2. The number of sulfonamides is 1. The first kappa shape index (κ1) is 17.6. The van der Waals surface area contributed by atoms with Gasteiger partial charge in [0.1, 0.15) is 15.6 Å². The number of urea groups is 1. The van der Waals surface area contributed by atoms with Crippen LogP contribution in [0.1, 0.15) is 15.5 Å². The lowest BCUT2D eigenvalue weighted by atomic mass is 10.5. The largest absolute Gasteiger partial charge is 0.467 e. The van der Waals surface area contributed by atoms with Crippen molar-refractivity contribution in [3.63, 3.8) is 0 Å². The Bertz CT molecular complexity index is 894. The zero-order chi connectivity index (χ0) is 17.9. The molecule has 0 saturated carbocycles. The molecule has 128 valence electrons. The van der Waals surface area contributed by atoms with E-state index in [9.17, 15) is 18.0 Å². The maximum atomic E-state index is 12.2. The Labute approximate surface area is 139 Å². The van der Waals surface area contributed by atoms with E-state index in [0.717, 1.165) is 17.4 Å². The summed E-state index contributed by atoms with van der Waals surface area (Å²) in [5.41, 5.74) is 4.80. The molecule has 24 heavy (non-hydrogen) atoms. The van der Waals surface area contributed by atoms with Crippen molar-refractivity contribution < 1.29 is 27.5 Å². The summed E-state index contributed by atoms with van der Waals surface area (Å²) in [6, 6.07) is -0.576. The Morgan fingerprint density at radius 3 is 2.54 bits per heavy atom. The molecule has 0 unspecified atom stereocenters. The predicted octanol–water partition coefficient (Wildman–Crippen LogP) is -0.174. The van der Waals surface area contributed by atoms with Crippen LogP contribution in [0.2, 0.25) is 0 Å². The first-order valence-corrected chi connectivity index (χ1v) is 8.48. The molecule has 0 aliphatic rings. The highest BCUT2D eigenvalue weighted by Gasteiger charge is 2.27. The lowest BCUT2D eigenvalue weighted by Crippen LogP contribution is -2.35. The number of methoxy groups -OCH3 is 1. The van der Waals surface area contributed by atoms with Crippen LogP contribution in [0.5, 0.6) is 12.0 Å². The average Bonchev–Trinajstić information content (AvgIpc) is 2.95. The number of aromatic nitrogens is 3. The second-order valence-electron chi connectivity index (χ2n) is 4.13. The van der Waals surface area contributed by atoms with Crippen LogP contribution in [0.4, 0.5) is 4.79 Å². The molecule has 0 atom stereocenters. The van der Waals surface area contributed by atoms with E-state index < -0.39 is 26.9 Å². The number of ether oxygens (including phenoxy) is 2. The van der Waals surface area contributed by atoms with E-state index in [2.05, 4.69) is 15.0 Å². The molecule has 0 fully saturated rings. The Balaban J connectivity index is 2.31. The van der Waals surface area contributed by atoms with Gasteiger partial charge in [-0.1, -0.05) is 0 Å². The van der Waals surface area contributed by atoms with Crippen molar-refractivity contribution >= 4 is 33.4 Å². The highest BCUT2D eigenvalue weighted by Crippen LogP contribution is 2.23. The maximum Gasteiger partial charge on any atom is 0.357 e. The van der Waals surface area contributed by atoms with Gasteiger partial charge in [-0.15, -0.1) is 16.3 Å². The fourth-order valence-electron chi connectivity index (χ4n) is 1.55. The Morgan fingerprint density at radius 2 is 1.92 bits per heavy atom. The summed E-state index contributed by atoms with van der Waals surface area (Å²) in [6.45, 7) is 1.53. The van der Waals surface area contributed by atoms with Gasteiger partial charge in [0.2, 0.25) is 0 Å². The van der Waals surface area contributed by atoms with Gasteiger partial charge in [-0.25, -0.2) is 22.7 Å². The number of nitrogens with zero attached hydrogens (tertiary/aromatic N) is 3. The van der Waals surface area contributed by atoms with Crippen LogP contribution in [0.3, 0.4) is 0 Å². The number of hydrogen-bond acceptors (Lipinski definition) is 10. The fourth-order valence-corrected chi connectivity index (χ4v) is 3.72. The Morgan fingerprint density at radius 1 is 1.25 bits per heavy atom. The van der Waals surface area contributed by atoms with Crippen molar-refractivity contribution in [1.29, 1.82) is 0 Å². The molecule has 0 saturated heterocycles. The van der Waals surface area contributed by atoms with Crippen LogP contribution in [0.15, 0.2) is 16.3 Å². The summed E-state index contributed by atoms with van der Waals surface area (Å²) in [5, 5.41) is 1.34. The molecule has 0 radical (unpaired) electrons. The third-order valence-corrected chi connectivity index (χ3v) is 4.82. The third kappa shape index (κ3) is 3.94. The van der Waals surface area contributed by atoms with Gasteiger partial charge in [-0.2, -0.15) is 9.97 Å². The van der Waals surface area contributed by atoms with Gasteiger partial charge in [0.15, 0.2) is 0 Å². The molecule has 13 heteroatoms. The normalized spacial score (nSPS) is 10.9. The molecule has 2 aromatic heterocycles. The van der Waals surface area contributed by atoms with E-state index in [4.69, 9.17) is 15.2 Å². The van der Waals surface area contributed by atoms with E-state index in [0.29, 0.717) is 0 Å². The van der Waals surface area contributed by atoms with Crippen molar-refractivity contribution in [1.82, 2.24) is 19.7 Å². The zero-order valence-corrected chi connectivity index (χ0v) is 14.0. The number of primary amides is 1. The molecular formula is C11H11N5O6S2. The van der Waals surface area contributed by atoms with Crippen molar-refractivity contribution in [3.05, 3.63) is 22.1 Å². The standard InChI is InChI=1S/C11H11N5O6S2/c1-5-13-10(21-2)15-11(14-5)22-8(17)7-6(3-4-23-7)24(19,20)16-9(12)18/h3-4H,1-2H3,(H3,12,16,18). The van der Waals surface area contributed by atoms with Gasteiger partial charge in [0.25, 0.3) is 10.0 Å². The summed E-state index contributed by atoms with van der Waals surface area (Å²) in [5.74, 6) is -0.790. The van der Waals surface area contributed by atoms with Crippen molar-refractivity contribution in [2.24, 2.45) is 5.73 Å². The summed E-state index contributed by atoms with van der Waals surface area (Å²) < 4.78 is 35.2. The molecule has 0 aliphatic carbocycles. The minimum atomic E-state index is -4.30. The zero-order valence-electron chi connectivity index (χ0n) is 12.3. The summed E-state index contributed by atoms with van der Waals surface area (Å²) in [6.07, 6.45) is 0. The number of hydrogen-bond donors (Lipinski definition) is 2. The lowest BCUT2D eigenvalue weighted by molar-refractivity contribution is 0.0718. The third-order valence-electron chi connectivity index (χ3n) is 2.41. The number of nitrogens with one attached hydrogen (secondary N) is 1. The number of aryl methyl sites for hydroxylation is 1. The minimum absolute atomic E-state index is 0.0697. The molecule has 2 rings (SSSR count). The second kappa shape index (κ2) is 6.76. The van der Waals surface area contributed by atoms with E-state index in [1.807, 2.05) is 0 Å². The number of carbonyl (C=O) groups excluding carboxylic acids is 2. The van der Waals surface area contributed by atoms with Crippen LogP contribution in [-0.2, 0) is 10.0 Å². The predicted molar refractivity (Wildman–Crippen MR) is 80.3 cm³/mol. The maximum absolute atomic E-state index is 12.2. The summed E-state index contributed by atoms with van der Waals surface area (Å²) >= 11 is 0.797. The van der Waals surface area contributed by atoms with Gasteiger partial charge in [0.05, 0.1) is 7.11 Å². The number of rotatable bonds is 5. The molecule has 0 aliphatic heterocycles. The molecule has 3 N–H and O–H groups in total. The molecule has 0 bridgehead atoms. The van der Waals surface area contributed by atoms with Gasteiger partial charge in [0, 0.05) is 0 Å². The summed E-state index contributed by atoms with van der Waals surface area (Å²) in [4.78, 5) is 33.6. The highest BCUT2D eigenvalue weighted by molar-refractivity contribution is 7.90. The van der Waals surface area contributed by atoms with E-state index in [1.165, 1.54) is 19.4 Å². The van der Waals surface area contributed by atoms with E-state index in [1.54, 1.807) is 4.72 Å².